The van der Waals surface area contributed by atoms with Crippen LogP contribution in [0, 0.1) is 0 Å². The highest BCUT2D eigenvalue weighted by Crippen LogP contribution is 2.25. The number of nitrogens with one attached hydrogen (secondary N) is 1. The zero-order valence-corrected chi connectivity index (χ0v) is 16.9. The first-order valence-corrected chi connectivity index (χ1v) is 10.2. The van der Waals surface area contributed by atoms with Crippen LogP contribution in [0.5, 0.6) is 0 Å². The molecule has 4 rings (SSSR count). The molecule has 0 saturated heterocycles. The van der Waals surface area contributed by atoms with E-state index in [2.05, 4.69) is 15.4 Å². The molecule has 0 saturated carbocycles. The maximum absolute atomic E-state index is 12.6. The van der Waals surface area contributed by atoms with E-state index in [1.165, 1.54) is 16.3 Å². The number of thiazole rings is 1. The summed E-state index contributed by atoms with van der Waals surface area (Å²) in [6.07, 6.45) is 2.90. The number of halogens is 1. The second kappa shape index (κ2) is 8.55. The highest BCUT2D eigenvalue weighted by Gasteiger charge is 2.26. The summed E-state index contributed by atoms with van der Waals surface area (Å²) in [7, 11) is 0. The summed E-state index contributed by atoms with van der Waals surface area (Å²) >= 11 is 7.60. The zero-order valence-electron chi connectivity index (χ0n) is 15.3. The Bertz CT molecular complexity index is 1080. The molecule has 0 radical (unpaired) electrons. The highest BCUT2D eigenvalue weighted by atomic mass is 35.5. The van der Waals surface area contributed by atoms with Crippen LogP contribution in [-0.2, 0) is 16.0 Å². The fourth-order valence-corrected chi connectivity index (χ4v) is 3.97. The van der Waals surface area contributed by atoms with Gasteiger partial charge in [-0.25, -0.2) is 9.99 Å². The number of benzene rings is 2. The molecule has 146 valence electrons. The number of rotatable bonds is 5. The van der Waals surface area contributed by atoms with E-state index in [4.69, 9.17) is 11.6 Å². The first-order valence-electron chi connectivity index (χ1n) is 9.05. The summed E-state index contributed by atoms with van der Waals surface area (Å²) in [5.41, 5.74) is 1.94. The van der Waals surface area contributed by atoms with E-state index < -0.39 is 0 Å². The average Bonchev–Trinajstić information content (AvgIpc) is 3.17. The lowest BCUT2D eigenvalue weighted by molar-refractivity contribution is -0.118. The van der Waals surface area contributed by atoms with Crippen molar-refractivity contribution in [2.75, 3.05) is 10.3 Å². The van der Waals surface area contributed by atoms with Crippen LogP contribution >= 0.6 is 22.9 Å². The molecule has 29 heavy (non-hydrogen) atoms. The second-order valence-corrected chi connectivity index (χ2v) is 7.96. The third kappa shape index (κ3) is 4.52. The smallest absolute Gasteiger partial charge is 0.273 e. The van der Waals surface area contributed by atoms with Crippen molar-refractivity contribution in [3.05, 3.63) is 76.3 Å². The van der Waals surface area contributed by atoms with Crippen molar-refractivity contribution >= 4 is 51.3 Å². The summed E-state index contributed by atoms with van der Waals surface area (Å²) in [5, 5.41) is 9.52. The summed E-state index contributed by atoms with van der Waals surface area (Å²) < 4.78 is 0. The summed E-state index contributed by atoms with van der Waals surface area (Å²) in [4.78, 5) is 30.1. The first kappa shape index (κ1) is 19.3. The van der Waals surface area contributed by atoms with Crippen LogP contribution in [0.1, 0.15) is 23.3 Å². The van der Waals surface area contributed by atoms with Crippen LogP contribution in [0.2, 0.25) is 5.02 Å². The van der Waals surface area contributed by atoms with Crippen molar-refractivity contribution in [1.29, 1.82) is 0 Å². The Balaban J connectivity index is 1.46. The van der Waals surface area contributed by atoms with E-state index in [9.17, 15) is 9.59 Å². The Morgan fingerprint density at radius 1 is 1.10 bits per heavy atom. The molecule has 2 amide bonds. The second-order valence-electron chi connectivity index (χ2n) is 6.44. The van der Waals surface area contributed by atoms with Crippen molar-refractivity contribution in [2.45, 2.75) is 19.3 Å². The van der Waals surface area contributed by atoms with Gasteiger partial charge in [0.1, 0.15) is 5.71 Å². The van der Waals surface area contributed by atoms with E-state index in [0.717, 1.165) is 10.4 Å². The number of hydrogen-bond donors (Lipinski definition) is 1. The van der Waals surface area contributed by atoms with Gasteiger partial charge in [0.05, 0.1) is 5.69 Å². The Kier molecular flexibility index (Phi) is 5.69. The quantitative estimate of drug-likeness (QED) is 0.654. The van der Waals surface area contributed by atoms with Gasteiger partial charge in [-0.3, -0.25) is 14.9 Å². The van der Waals surface area contributed by atoms with Gasteiger partial charge >= 0.3 is 0 Å². The fraction of sp³-hybridized carbons (Fsp3) is 0.143. The molecule has 1 aromatic heterocycles. The lowest BCUT2D eigenvalue weighted by Crippen LogP contribution is -2.36. The molecule has 8 heteroatoms. The molecule has 0 aliphatic carbocycles. The predicted octanol–water partition coefficient (Wildman–Crippen LogP) is 4.51. The molecule has 0 atom stereocenters. The SMILES string of the molecule is O=C(Nc1ncc(Cc2ccccc2Cl)s1)C1=NN(c2ccccc2)C(=O)CC1. The number of nitrogens with zero attached hydrogens (tertiary/aromatic N) is 3. The van der Waals surface area contributed by atoms with Gasteiger partial charge < -0.3 is 0 Å². The van der Waals surface area contributed by atoms with E-state index in [0.29, 0.717) is 34.4 Å². The van der Waals surface area contributed by atoms with Crippen LogP contribution < -0.4 is 10.3 Å². The molecular weight excluding hydrogens is 408 g/mol. The average molecular weight is 425 g/mol. The highest BCUT2D eigenvalue weighted by molar-refractivity contribution is 7.15. The maximum atomic E-state index is 12.6. The number of para-hydroxylation sites is 1. The van der Waals surface area contributed by atoms with Crippen LogP contribution in [0.3, 0.4) is 0 Å². The normalized spacial score (nSPS) is 13.9. The molecule has 1 aliphatic heterocycles. The molecule has 0 bridgehead atoms. The Morgan fingerprint density at radius 3 is 2.66 bits per heavy atom. The topological polar surface area (TPSA) is 74.7 Å². The van der Waals surface area contributed by atoms with Crippen LogP contribution in [0.4, 0.5) is 10.8 Å². The number of carbonyl (C=O) groups excluding carboxylic acids is 2. The van der Waals surface area contributed by atoms with Crippen LogP contribution in [0.25, 0.3) is 0 Å². The van der Waals surface area contributed by atoms with E-state index in [1.807, 2.05) is 42.5 Å². The standard InChI is InChI=1S/C21H17ClN4O2S/c22-17-9-5-4-6-14(17)12-16-13-23-21(29-16)24-20(28)18-10-11-19(27)26(25-18)15-7-2-1-3-8-15/h1-9,13H,10-12H2,(H,23,24,28). The maximum Gasteiger partial charge on any atom is 0.273 e. The molecule has 1 N–H and O–H groups in total. The van der Waals surface area contributed by atoms with Gasteiger partial charge in [-0.15, -0.1) is 11.3 Å². The van der Waals surface area contributed by atoms with Gasteiger partial charge in [0, 0.05) is 35.4 Å². The third-order valence-corrected chi connectivity index (χ3v) is 5.67. The molecule has 6 nitrogen and oxygen atoms in total. The van der Waals surface area contributed by atoms with Crippen LogP contribution in [-0.4, -0.2) is 22.5 Å². The molecule has 2 aromatic carbocycles. The van der Waals surface area contributed by atoms with E-state index >= 15 is 0 Å². The lowest BCUT2D eigenvalue weighted by atomic mass is 10.1. The molecule has 0 fully saturated rings. The monoisotopic (exact) mass is 424 g/mol. The van der Waals surface area contributed by atoms with Crippen molar-refractivity contribution in [3.8, 4) is 0 Å². The number of aromatic nitrogens is 1. The predicted molar refractivity (Wildman–Crippen MR) is 116 cm³/mol. The first-order chi connectivity index (χ1) is 14.1. The van der Waals surface area contributed by atoms with E-state index in [1.54, 1.807) is 18.3 Å². The number of carbonyl (C=O) groups is 2. The number of hydrogen-bond acceptors (Lipinski definition) is 5. The van der Waals surface area contributed by atoms with Gasteiger partial charge in [-0.2, -0.15) is 5.10 Å². The van der Waals surface area contributed by atoms with Gasteiger partial charge in [0.25, 0.3) is 5.91 Å². The molecular formula is C21H17ClN4O2S. The van der Waals surface area contributed by atoms with Gasteiger partial charge in [0.15, 0.2) is 5.13 Å². The lowest BCUT2D eigenvalue weighted by Gasteiger charge is -2.22. The molecule has 3 aromatic rings. The molecule has 0 spiro atoms. The number of amides is 2. The fourth-order valence-electron chi connectivity index (χ4n) is 2.93. The minimum absolute atomic E-state index is 0.135. The molecule has 2 heterocycles. The minimum Gasteiger partial charge on any atom is -0.297 e. The summed E-state index contributed by atoms with van der Waals surface area (Å²) in [5.74, 6) is -0.485. The third-order valence-electron chi connectivity index (χ3n) is 4.39. The van der Waals surface area contributed by atoms with Gasteiger partial charge in [0.2, 0.25) is 5.91 Å². The van der Waals surface area contributed by atoms with Crippen molar-refractivity contribution in [2.24, 2.45) is 5.10 Å². The van der Waals surface area contributed by atoms with E-state index in [-0.39, 0.29) is 18.2 Å². The van der Waals surface area contributed by atoms with Gasteiger partial charge in [-0.05, 0) is 23.8 Å². The number of anilines is 2. The number of hydrazone groups is 1. The van der Waals surface area contributed by atoms with Crippen LogP contribution in [0.15, 0.2) is 65.9 Å². The summed E-state index contributed by atoms with van der Waals surface area (Å²) in [6, 6.07) is 16.7. The Morgan fingerprint density at radius 2 is 1.86 bits per heavy atom. The van der Waals surface area contributed by atoms with Crippen molar-refractivity contribution in [3.63, 3.8) is 0 Å². The Hall–Kier alpha value is -3.03. The van der Waals surface area contributed by atoms with Crippen molar-refractivity contribution < 1.29 is 9.59 Å². The zero-order chi connectivity index (χ0) is 20.2. The molecule has 0 unspecified atom stereocenters. The largest absolute Gasteiger partial charge is 0.297 e. The van der Waals surface area contributed by atoms with Crippen molar-refractivity contribution in [1.82, 2.24) is 4.98 Å². The summed E-state index contributed by atoms with van der Waals surface area (Å²) in [6.45, 7) is 0. The van der Waals surface area contributed by atoms with Gasteiger partial charge in [-0.1, -0.05) is 48.0 Å². The Labute approximate surface area is 176 Å². The minimum atomic E-state index is -0.350. The molecule has 1 aliphatic rings.